The number of aromatic hydroxyl groups is 1. The smallest absolute Gasteiger partial charge is 0.423 e. The molecule has 3 aromatic carbocycles. The Morgan fingerprint density at radius 3 is 2.21 bits per heavy atom. The van der Waals surface area contributed by atoms with Gasteiger partial charge in [-0.25, -0.2) is 4.79 Å². The molecule has 1 aliphatic heterocycles. The van der Waals surface area contributed by atoms with Crippen LogP contribution in [0, 0.1) is 23.7 Å². The van der Waals surface area contributed by atoms with E-state index in [4.69, 9.17) is 14.2 Å². The monoisotopic (exact) mass is 647 g/mol. The van der Waals surface area contributed by atoms with Crippen molar-refractivity contribution in [2.45, 2.75) is 24.2 Å². The molecule has 3 aliphatic carbocycles. The number of hydrogen-bond donors (Lipinski definition) is 1. The van der Waals surface area contributed by atoms with Gasteiger partial charge in [0.15, 0.2) is 11.6 Å². The number of rotatable bonds is 5. The van der Waals surface area contributed by atoms with Crippen LogP contribution in [0.1, 0.15) is 35.4 Å². The molecular weight excluding hydrogens is 614 g/mol. The summed E-state index contributed by atoms with van der Waals surface area (Å²) in [5.74, 6) is -6.34. The van der Waals surface area contributed by atoms with E-state index in [9.17, 15) is 24.3 Å². The van der Waals surface area contributed by atoms with Crippen LogP contribution in [0.5, 0.6) is 17.2 Å². The van der Waals surface area contributed by atoms with Crippen LogP contribution in [0.2, 0.25) is 0 Å². The van der Waals surface area contributed by atoms with E-state index in [-0.39, 0.29) is 47.0 Å². The van der Waals surface area contributed by atoms with Crippen molar-refractivity contribution in [2.75, 3.05) is 21.3 Å². The quantitative estimate of drug-likeness (QED) is 0.300. The number of methoxy groups -OCH3 is 3. The summed E-state index contributed by atoms with van der Waals surface area (Å²) in [6.07, 6.45) is 2.31. The van der Waals surface area contributed by atoms with Crippen molar-refractivity contribution in [1.82, 2.24) is 4.90 Å². The number of Topliss-reactive ketones (excluding diaryl/α,β-unsaturated/α-hetero) is 1. The molecule has 6 atom stereocenters. The summed E-state index contributed by atoms with van der Waals surface area (Å²) >= 11 is 0. The van der Waals surface area contributed by atoms with Crippen molar-refractivity contribution in [2.24, 2.45) is 23.7 Å². The third kappa shape index (κ3) is 4.28. The minimum Gasteiger partial charge on any atom is -0.507 e. The molecule has 10 heteroatoms. The number of benzene rings is 3. The number of carbonyl (C=O) groups excluding carboxylic acids is 5. The molecular formula is C38H33NO9. The topological polar surface area (TPSA) is 137 Å². The molecule has 6 unspecified atom stereocenters. The zero-order valence-electron chi connectivity index (χ0n) is 26.5. The molecule has 2 fully saturated rings. The highest BCUT2D eigenvalue weighted by Gasteiger charge is 2.67. The van der Waals surface area contributed by atoms with Gasteiger partial charge in [0.2, 0.25) is 11.8 Å². The maximum atomic E-state index is 15.1. The predicted molar refractivity (Wildman–Crippen MR) is 172 cm³/mol. The second-order valence-electron chi connectivity index (χ2n) is 12.5. The Morgan fingerprint density at radius 2 is 1.56 bits per heavy atom. The van der Waals surface area contributed by atoms with E-state index in [0.29, 0.717) is 27.3 Å². The van der Waals surface area contributed by atoms with E-state index in [1.807, 2.05) is 18.2 Å². The lowest BCUT2D eigenvalue weighted by Crippen LogP contribution is -2.59. The first-order chi connectivity index (χ1) is 23.2. The zero-order valence-corrected chi connectivity index (χ0v) is 26.5. The fraction of sp³-hybridized carbons (Fsp3) is 0.289. The van der Waals surface area contributed by atoms with Crippen molar-refractivity contribution in [3.05, 3.63) is 107 Å². The van der Waals surface area contributed by atoms with Gasteiger partial charge in [-0.2, -0.15) is 4.90 Å². The molecule has 1 saturated heterocycles. The summed E-state index contributed by atoms with van der Waals surface area (Å²) in [4.78, 5) is 70.7. The number of phenolic OH excluding ortho intramolecular Hbond substituents is 1. The summed E-state index contributed by atoms with van der Waals surface area (Å²) < 4.78 is 16.0. The number of hydrogen-bond acceptors (Lipinski definition) is 9. The van der Waals surface area contributed by atoms with E-state index >= 15 is 4.79 Å². The molecule has 0 aromatic heterocycles. The molecule has 7 rings (SSSR count). The largest absolute Gasteiger partial charge is 0.507 e. The number of amides is 3. The summed E-state index contributed by atoms with van der Waals surface area (Å²) in [7, 11) is 3.98. The lowest BCUT2D eigenvalue weighted by atomic mass is 9.44. The van der Waals surface area contributed by atoms with Crippen LogP contribution >= 0.6 is 0 Å². The minimum absolute atomic E-state index is 0.0421. The summed E-state index contributed by atoms with van der Waals surface area (Å²) in [6.45, 7) is 0. The number of ketones is 2. The normalized spacial score (nSPS) is 27.7. The number of likely N-dealkylation sites (tertiary alicyclic amines) is 1. The highest BCUT2D eigenvalue weighted by atomic mass is 16.5. The van der Waals surface area contributed by atoms with Gasteiger partial charge >= 0.3 is 6.09 Å². The van der Waals surface area contributed by atoms with Gasteiger partial charge in [0.05, 0.1) is 38.6 Å². The first kappa shape index (κ1) is 31.1. The van der Waals surface area contributed by atoms with E-state index < -0.39 is 52.9 Å². The molecule has 1 N–H and O–H groups in total. The number of allylic oxidation sites excluding steroid dienone is 4. The van der Waals surface area contributed by atoms with Crippen molar-refractivity contribution < 1.29 is 43.3 Å². The number of fused-ring (bicyclic) bond motifs is 4. The fourth-order valence-corrected chi connectivity index (χ4v) is 8.62. The number of carbonyl (C=O) groups is 5. The average Bonchev–Trinajstić information content (AvgIpc) is 3.37. The molecule has 0 radical (unpaired) electrons. The molecule has 48 heavy (non-hydrogen) atoms. The van der Waals surface area contributed by atoms with E-state index in [2.05, 4.69) is 0 Å². The van der Waals surface area contributed by atoms with Gasteiger partial charge in [0.1, 0.15) is 17.2 Å². The van der Waals surface area contributed by atoms with Crippen LogP contribution in [-0.2, 0) is 29.3 Å². The lowest BCUT2D eigenvalue weighted by Gasteiger charge is -2.55. The van der Waals surface area contributed by atoms with E-state index in [1.54, 1.807) is 54.6 Å². The maximum Gasteiger partial charge on any atom is 0.423 e. The van der Waals surface area contributed by atoms with Crippen molar-refractivity contribution in [1.29, 1.82) is 0 Å². The molecule has 244 valence electrons. The number of phenols is 1. The first-order valence-electron chi connectivity index (χ1n) is 15.7. The van der Waals surface area contributed by atoms with Crippen LogP contribution in [0.15, 0.2) is 90.5 Å². The zero-order chi connectivity index (χ0) is 33.9. The third-order valence-electron chi connectivity index (χ3n) is 10.6. The maximum absolute atomic E-state index is 15.1. The Morgan fingerprint density at radius 1 is 0.875 bits per heavy atom. The third-order valence-corrected chi connectivity index (χ3v) is 10.6. The predicted octanol–water partition coefficient (Wildman–Crippen LogP) is 5.00. The van der Waals surface area contributed by atoms with E-state index in [0.717, 1.165) is 7.11 Å². The standard InChI is InChI=1S/C38H33NO9/c1-46-22-16-28(40)32(29(17-22)47-2)33-23-14-15-24-31(36(44)39(35(24)43)37(45)48-3)26(23)18-27-34(42)25(20-10-6-4-7-11-20)19-30(41)38(27,33)21-12-8-5-9-13-21/h4-14,16-17,19,24,26-27,31,33,40H,15,18H2,1-3H3. The average molecular weight is 648 g/mol. The van der Waals surface area contributed by atoms with Crippen LogP contribution < -0.4 is 9.47 Å². The van der Waals surface area contributed by atoms with Gasteiger partial charge < -0.3 is 19.3 Å². The molecule has 0 bridgehead atoms. The second kappa shape index (κ2) is 11.6. The Labute approximate surface area is 276 Å². The van der Waals surface area contributed by atoms with Crippen LogP contribution in [0.3, 0.4) is 0 Å². The van der Waals surface area contributed by atoms with Gasteiger partial charge in [-0.1, -0.05) is 72.3 Å². The Kier molecular flexibility index (Phi) is 7.53. The van der Waals surface area contributed by atoms with E-state index in [1.165, 1.54) is 26.4 Å². The summed E-state index contributed by atoms with van der Waals surface area (Å²) in [5, 5.41) is 11.7. The number of nitrogens with zero attached hydrogens (tertiary/aromatic N) is 1. The molecule has 1 saturated carbocycles. The number of ether oxygens (including phenoxy) is 3. The minimum atomic E-state index is -1.57. The molecule has 3 aromatic rings. The van der Waals surface area contributed by atoms with Gasteiger partial charge in [-0.3, -0.25) is 19.2 Å². The van der Waals surface area contributed by atoms with Crippen LogP contribution in [0.25, 0.3) is 5.57 Å². The Hall–Kier alpha value is -5.51. The summed E-state index contributed by atoms with van der Waals surface area (Å²) in [5.41, 5.74) is 0.670. The van der Waals surface area contributed by atoms with Gasteiger partial charge in [0.25, 0.3) is 0 Å². The van der Waals surface area contributed by atoms with Crippen molar-refractivity contribution >= 4 is 35.0 Å². The molecule has 1 heterocycles. The first-order valence-corrected chi connectivity index (χ1v) is 15.7. The second-order valence-corrected chi connectivity index (χ2v) is 12.5. The Balaban J connectivity index is 1.54. The molecule has 4 aliphatic rings. The van der Waals surface area contributed by atoms with Gasteiger partial charge in [0, 0.05) is 35.1 Å². The fourth-order valence-electron chi connectivity index (χ4n) is 8.62. The molecule has 3 amide bonds. The SMILES string of the molecule is COC(=O)N1C(=O)C2CC=C3C(CC4C(=O)C(c5ccccc5)=CC(=O)C4(c4ccccc4)C3c3c(O)cc(OC)cc3OC)C2C1=O. The van der Waals surface area contributed by atoms with Gasteiger partial charge in [-0.05, 0) is 36.0 Å². The Bertz CT molecular complexity index is 1930. The molecule has 0 spiro atoms. The van der Waals surface area contributed by atoms with Crippen molar-refractivity contribution in [3.63, 3.8) is 0 Å². The van der Waals surface area contributed by atoms with Crippen LogP contribution in [0.4, 0.5) is 4.79 Å². The van der Waals surface area contributed by atoms with Crippen molar-refractivity contribution in [3.8, 4) is 17.2 Å². The summed E-state index contributed by atoms with van der Waals surface area (Å²) in [6, 6.07) is 20.9. The highest BCUT2D eigenvalue weighted by Crippen LogP contribution is 2.65. The van der Waals surface area contributed by atoms with Gasteiger partial charge in [-0.15, -0.1) is 0 Å². The highest BCUT2D eigenvalue weighted by molar-refractivity contribution is 6.31. The number of imide groups is 3. The molecule has 10 nitrogen and oxygen atoms in total. The van der Waals surface area contributed by atoms with Crippen LogP contribution in [-0.4, -0.2) is 60.8 Å². The lowest BCUT2D eigenvalue weighted by molar-refractivity contribution is -0.138.